The summed E-state index contributed by atoms with van der Waals surface area (Å²) in [4.78, 5) is 38.5. The fourth-order valence-corrected chi connectivity index (χ4v) is 6.47. The number of piperazine rings is 1. The van der Waals surface area contributed by atoms with Gasteiger partial charge in [-0.25, -0.2) is 4.98 Å². The van der Waals surface area contributed by atoms with Gasteiger partial charge in [0.15, 0.2) is 0 Å². The van der Waals surface area contributed by atoms with Gasteiger partial charge >= 0.3 is 0 Å². The molecule has 40 heavy (non-hydrogen) atoms. The zero-order valence-electron chi connectivity index (χ0n) is 23.2. The Morgan fingerprint density at radius 3 is 1.93 bits per heavy atom. The van der Waals surface area contributed by atoms with Crippen LogP contribution in [0.3, 0.4) is 0 Å². The van der Waals surface area contributed by atoms with Gasteiger partial charge in [0, 0.05) is 68.5 Å². The first kappa shape index (κ1) is 26.7. The van der Waals surface area contributed by atoms with Crippen LogP contribution < -0.4 is 5.32 Å². The van der Waals surface area contributed by atoms with Gasteiger partial charge in [0.05, 0.1) is 17.3 Å². The molecule has 7 nitrogen and oxygen atoms in total. The fourth-order valence-electron chi connectivity index (χ4n) is 6.47. The molecule has 2 amide bonds. The van der Waals surface area contributed by atoms with Crippen LogP contribution >= 0.6 is 0 Å². The zero-order chi connectivity index (χ0) is 27.3. The zero-order valence-corrected chi connectivity index (χ0v) is 23.2. The van der Waals surface area contributed by atoms with E-state index >= 15 is 0 Å². The van der Waals surface area contributed by atoms with Gasteiger partial charge in [-0.1, -0.05) is 60.7 Å². The van der Waals surface area contributed by atoms with Gasteiger partial charge in [-0.05, 0) is 44.4 Å². The maximum atomic E-state index is 13.8. The van der Waals surface area contributed by atoms with E-state index in [0.29, 0.717) is 17.5 Å². The summed E-state index contributed by atoms with van der Waals surface area (Å²) in [5.41, 5.74) is 4.32. The lowest BCUT2D eigenvalue weighted by atomic mass is 9.92. The summed E-state index contributed by atoms with van der Waals surface area (Å²) in [5, 5.41) is 3.34. The summed E-state index contributed by atoms with van der Waals surface area (Å²) in [7, 11) is 0. The molecule has 4 heterocycles. The molecule has 1 aromatic heterocycles. The Bertz CT molecular complexity index is 1240. The Morgan fingerprint density at radius 1 is 0.725 bits per heavy atom. The van der Waals surface area contributed by atoms with E-state index in [4.69, 9.17) is 4.98 Å². The molecule has 2 aromatic carbocycles. The molecule has 7 heteroatoms. The molecule has 3 aromatic rings. The van der Waals surface area contributed by atoms with Crippen LogP contribution in [0.1, 0.15) is 36.0 Å². The van der Waals surface area contributed by atoms with Crippen molar-refractivity contribution in [2.24, 2.45) is 5.92 Å². The van der Waals surface area contributed by atoms with Crippen molar-refractivity contribution < 1.29 is 9.59 Å². The highest BCUT2D eigenvalue weighted by Crippen LogP contribution is 2.28. The Morgan fingerprint density at radius 2 is 1.32 bits per heavy atom. The maximum absolute atomic E-state index is 13.8. The molecule has 0 bridgehead atoms. The molecule has 3 saturated heterocycles. The Kier molecular flexibility index (Phi) is 8.21. The molecule has 208 valence electrons. The Hall–Kier alpha value is -3.55. The van der Waals surface area contributed by atoms with Crippen LogP contribution in [0.25, 0.3) is 22.5 Å². The molecule has 0 unspecified atom stereocenters. The predicted octanol–water partition coefficient (Wildman–Crippen LogP) is 4.16. The second kappa shape index (κ2) is 12.3. The average Bonchev–Trinajstić information content (AvgIpc) is 3.05. The summed E-state index contributed by atoms with van der Waals surface area (Å²) in [5.74, 6) is 0.511. The van der Waals surface area contributed by atoms with Crippen molar-refractivity contribution in [3.63, 3.8) is 0 Å². The van der Waals surface area contributed by atoms with Gasteiger partial charge in [0.2, 0.25) is 5.91 Å². The molecule has 1 N–H and O–H groups in total. The number of carbonyl (C=O) groups excluding carboxylic acids is 2. The number of hydrogen-bond acceptors (Lipinski definition) is 5. The highest BCUT2D eigenvalue weighted by molar-refractivity contribution is 5.96. The fraction of sp³-hybridized carbons (Fsp3) is 0.424. The maximum Gasteiger partial charge on any atom is 0.254 e. The van der Waals surface area contributed by atoms with Crippen LogP contribution in [0.15, 0.2) is 72.8 Å². The first-order valence-corrected chi connectivity index (χ1v) is 14.8. The van der Waals surface area contributed by atoms with E-state index in [1.165, 1.54) is 0 Å². The lowest BCUT2D eigenvalue weighted by Gasteiger charge is -2.43. The summed E-state index contributed by atoms with van der Waals surface area (Å²) >= 11 is 0. The number of amides is 2. The number of hydrogen-bond donors (Lipinski definition) is 1. The second-order valence-electron chi connectivity index (χ2n) is 11.3. The normalized spacial score (nSPS) is 20.9. The van der Waals surface area contributed by atoms with Gasteiger partial charge in [-0.15, -0.1) is 0 Å². The van der Waals surface area contributed by atoms with Crippen LogP contribution in [0.4, 0.5) is 0 Å². The number of rotatable bonds is 5. The molecular formula is C33H39N5O2. The topological polar surface area (TPSA) is 68.8 Å². The monoisotopic (exact) mass is 537 g/mol. The van der Waals surface area contributed by atoms with Crippen molar-refractivity contribution in [2.45, 2.75) is 31.7 Å². The molecule has 1 atom stereocenters. The van der Waals surface area contributed by atoms with Crippen LogP contribution in [0.2, 0.25) is 0 Å². The van der Waals surface area contributed by atoms with Crippen LogP contribution in [0.5, 0.6) is 0 Å². The lowest BCUT2D eigenvalue weighted by Crippen LogP contribution is -2.54. The van der Waals surface area contributed by atoms with Gasteiger partial charge in [-0.3, -0.25) is 14.5 Å². The summed E-state index contributed by atoms with van der Waals surface area (Å²) in [6.07, 6.45) is 3.96. The third-order valence-corrected chi connectivity index (χ3v) is 8.71. The minimum Gasteiger partial charge on any atom is -0.340 e. The van der Waals surface area contributed by atoms with E-state index < -0.39 is 0 Å². The van der Waals surface area contributed by atoms with Gasteiger partial charge in [0.25, 0.3) is 5.91 Å². The summed E-state index contributed by atoms with van der Waals surface area (Å²) in [6, 6.07) is 24.4. The van der Waals surface area contributed by atoms with Crippen molar-refractivity contribution >= 4 is 11.8 Å². The SMILES string of the molecule is O=C(c1cc(-c2ccccc2)nc(-c2ccccc2)c1)N1CCC(N2CCC[C@@H](C(=O)N3CCNCC3)C2)CC1. The number of benzene rings is 2. The quantitative estimate of drug-likeness (QED) is 0.529. The molecule has 3 aliphatic rings. The standard InChI is InChI=1S/C33H39N5O2/c39-32(37-20-15-34-16-21-37)27-12-7-17-38(24-27)29-13-18-36(19-14-29)33(40)28-22-30(25-8-3-1-4-9-25)35-31(23-28)26-10-5-2-6-11-26/h1-6,8-11,22-23,27,29,34H,7,12-21,24H2/t27-/m1/s1. The number of nitrogens with one attached hydrogen (secondary N) is 1. The molecule has 0 saturated carbocycles. The third-order valence-electron chi connectivity index (χ3n) is 8.71. The van der Waals surface area contributed by atoms with Crippen molar-refractivity contribution in [2.75, 3.05) is 52.4 Å². The van der Waals surface area contributed by atoms with Crippen LogP contribution in [-0.4, -0.2) is 89.9 Å². The first-order valence-electron chi connectivity index (χ1n) is 14.8. The summed E-state index contributed by atoms with van der Waals surface area (Å²) in [6.45, 7) is 6.81. The molecular weight excluding hydrogens is 498 g/mol. The van der Waals surface area contributed by atoms with E-state index in [2.05, 4.69) is 10.2 Å². The second-order valence-corrected chi connectivity index (χ2v) is 11.3. The minimum atomic E-state index is 0.0700. The number of carbonyl (C=O) groups is 2. The largest absolute Gasteiger partial charge is 0.340 e. The van der Waals surface area contributed by atoms with E-state index in [-0.39, 0.29) is 11.8 Å². The van der Waals surface area contributed by atoms with Crippen molar-refractivity contribution in [1.29, 1.82) is 0 Å². The van der Waals surface area contributed by atoms with E-state index in [9.17, 15) is 9.59 Å². The van der Waals surface area contributed by atoms with Crippen LogP contribution in [-0.2, 0) is 4.79 Å². The van der Waals surface area contributed by atoms with Crippen molar-refractivity contribution in [3.8, 4) is 22.5 Å². The highest BCUT2D eigenvalue weighted by Gasteiger charge is 2.34. The number of pyridine rings is 1. The average molecular weight is 538 g/mol. The minimum absolute atomic E-state index is 0.0700. The number of likely N-dealkylation sites (tertiary alicyclic amines) is 2. The molecule has 0 spiro atoms. The molecule has 3 aliphatic heterocycles. The van der Waals surface area contributed by atoms with Crippen molar-refractivity contribution in [1.82, 2.24) is 25.0 Å². The molecule has 0 radical (unpaired) electrons. The van der Waals surface area contributed by atoms with E-state index in [1.807, 2.05) is 82.6 Å². The first-order chi connectivity index (χ1) is 19.7. The van der Waals surface area contributed by atoms with Gasteiger partial charge in [-0.2, -0.15) is 0 Å². The van der Waals surface area contributed by atoms with Crippen molar-refractivity contribution in [3.05, 3.63) is 78.4 Å². The number of aromatic nitrogens is 1. The van der Waals surface area contributed by atoms with Gasteiger partial charge in [0.1, 0.15) is 0 Å². The summed E-state index contributed by atoms with van der Waals surface area (Å²) < 4.78 is 0. The molecule has 0 aliphatic carbocycles. The predicted molar refractivity (Wildman–Crippen MR) is 158 cm³/mol. The molecule has 6 rings (SSSR count). The van der Waals surface area contributed by atoms with Gasteiger partial charge < -0.3 is 15.1 Å². The lowest BCUT2D eigenvalue weighted by molar-refractivity contribution is -0.138. The smallest absolute Gasteiger partial charge is 0.254 e. The number of nitrogens with zero attached hydrogens (tertiary/aromatic N) is 4. The Balaban J connectivity index is 1.13. The Labute approximate surface area is 237 Å². The van der Waals surface area contributed by atoms with E-state index in [1.54, 1.807) is 0 Å². The van der Waals surface area contributed by atoms with Crippen LogP contribution in [0, 0.1) is 5.92 Å². The molecule has 3 fully saturated rings. The van der Waals surface area contributed by atoms with E-state index in [0.717, 1.165) is 101 Å². The third kappa shape index (κ3) is 5.96. The highest BCUT2D eigenvalue weighted by atomic mass is 16.2. The number of piperidine rings is 2.